The third-order valence-electron chi connectivity index (χ3n) is 7.92. The third-order valence-corrected chi connectivity index (χ3v) is 9.10. The third kappa shape index (κ3) is 6.30. The van der Waals surface area contributed by atoms with Crippen LogP contribution in [0.25, 0.3) is 10.3 Å². The molecule has 2 N–H and O–H groups in total. The number of hydrogen-bond donors (Lipinski definition) is 2. The number of likely N-dealkylation sites (tertiary alicyclic amines) is 1. The van der Waals surface area contributed by atoms with Gasteiger partial charge in [0.1, 0.15) is 15.5 Å². The van der Waals surface area contributed by atoms with E-state index in [9.17, 15) is 9.90 Å². The van der Waals surface area contributed by atoms with Crippen molar-refractivity contribution in [3.8, 4) is 0 Å². The summed E-state index contributed by atoms with van der Waals surface area (Å²) in [4.78, 5) is 30.4. The van der Waals surface area contributed by atoms with Gasteiger partial charge in [0.15, 0.2) is 5.01 Å². The van der Waals surface area contributed by atoms with Crippen molar-refractivity contribution in [2.45, 2.75) is 71.4 Å². The first-order valence-electron chi connectivity index (χ1n) is 13.3. The minimum Gasteiger partial charge on any atom is -0.393 e. The largest absolute Gasteiger partial charge is 0.393 e. The molecule has 0 unspecified atom stereocenters. The summed E-state index contributed by atoms with van der Waals surface area (Å²) in [6.45, 7) is 9.47. The van der Waals surface area contributed by atoms with Gasteiger partial charge in [0, 0.05) is 31.5 Å². The van der Waals surface area contributed by atoms with E-state index >= 15 is 0 Å². The lowest BCUT2D eigenvalue weighted by atomic mass is 9.71. The van der Waals surface area contributed by atoms with Crippen LogP contribution in [0.2, 0.25) is 5.15 Å². The minimum absolute atomic E-state index is 0.192. The number of carbonyl (C=O) groups is 1. The van der Waals surface area contributed by atoms with E-state index in [1.165, 1.54) is 16.9 Å². The monoisotopic (exact) mass is 541 g/mol. The number of thiazole rings is 1. The van der Waals surface area contributed by atoms with Gasteiger partial charge in [0.25, 0.3) is 5.91 Å². The summed E-state index contributed by atoms with van der Waals surface area (Å²) in [6.07, 6.45) is 6.98. The Labute approximate surface area is 227 Å². The number of aryl methyl sites for hydroxylation is 1. The molecule has 37 heavy (non-hydrogen) atoms. The summed E-state index contributed by atoms with van der Waals surface area (Å²) >= 11 is 7.38. The number of rotatable bonds is 6. The van der Waals surface area contributed by atoms with Crippen molar-refractivity contribution in [1.29, 1.82) is 0 Å². The first kappa shape index (κ1) is 26.5. The predicted molar refractivity (Wildman–Crippen MR) is 148 cm³/mol. The van der Waals surface area contributed by atoms with Gasteiger partial charge in [-0.3, -0.25) is 4.79 Å². The number of aromatic nitrogens is 3. The Bertz CT molecular complexity index is 1250. The van der Waals surface area contributed by atoms with Crippen LogP contribution in [-0.2, 0) is 12.8 Å². The van der Waals surface area contributed by atoms with Gasteiger partial charge >= 0.3 is 0 Å². The van der Waals surface area contributed by atoms with E-state index in [2.05, 4.69) is 42.0 Å². The summed E-state index contributed by atoms with van der Waals surface area (Å²) in [5, 5.41) is 13.9. The van der Waals surface area contributed by atoms with Gasteiger partial charge in [-0.2, -0.15) is 0 Å². The molecule has 1 aliphatic carbocycles. The van der Waals surface area contributed by atoms with E-state index in [-0.39, 0.29) is 23.5 Å². The first-order valence-corrected chi connectivity index (χ1v) is 14.5. The number of pyridine rings is 2. The van der Waals surface area contributed by atoms with E-state index in [0.29, 0.717) is 16.1 Å². The number of fused-ring (bicyclic) bond motifs is 2. The molecule has 4 heterocycles. The molecule has 7 nitrogen and oxygen atoms in total. The molecule has 3 aromatic rings. The van der Waals surface area contributed by atoms with E-state index < -0.39 is 0 Å². The fourth-order valence-electron chi connectivity index (χ4n) is 5.44. The molecule has 198 valence electrons. The summed E-state index contributed by atoms with van der Waals surface area (Å²) in [5.74, 6) is 0.431. The lowest BCUT2D eigenvalue weighted by molar-refractivity contribution is 0.0795. The lowest BCUT2D eigenvalue weighted by Crippen LogP contribution is -2.38. The highest BCUT2D eigenvalue weighted by molar-refractivity contribution is 7.19. The van der Waals surface area contributed by atoms with Gasteiger partial charge in [-0.25, -0.2) is 15.0 Å². The Morgan fingerprint density at radius 2 is 2.03 bits per heavy atom. The summed E-state index contributed by atoms with van der Waals surface area (Å²) in [5.41, 5.74) is 4.41. The fourth-order valence-corrected chi connectivity index (χ4v) is 6.39. The average Bonchev–Trinajstić information content (AvgIpc) is 3.28. The second-order valence-corrected chi connectivity index (χ2v) is 12.9. The van der Waals surface area contributed by atoms with Crippen LogP contribution >= 0.6 is 22.9 Å². The molecule has 0 saturated carbocycles. The van der Waals surface area contributed by atoms with E-state index in [1.807, 2.05) is 6.07 Å². The van der Waals surface area contributed by atoms with E-state index in [4.69, 9.17) is 21.6 Å². The maximum atomic E-state index is 13.4. The number of aliphatic hydroxyl groups excluding tert-OH is 1. The van der Waals surface area contributed by atoms with Crippen LogP contribution < -0.4 is 5.32 Å². The van der Waals surface area contributed by atoms with Gasteiger partial charge in [-0.05, 0) is 73.1 Å². The highest BCUT2D eigenvalue weighted by atomic mass is 35.5. The fraction of sp³-hybridized carbons (Fsp3) is 0.571. The minimum atomic E-state index is -0.218. The van der Waals surface area contributed by atoms with Gasteiger partial charge in [0.2, 0.25) is 0 Å². The second-order valence-electron chi connectivity index (χ2n) is 11.5. The molecule has 1 saturated heterocycles. The van der Waals surface area contributed by atoms with Crippen molar-refractivity contribution < 1.29 is 9.90 Å². The van der Waals surface area contributed by atoms with Crippen LogP contribution in [0.3, 0.4) is 0 Å². The van der Waals surface area contributed by atoms with Crippen molar-refractivity contribution in [3.05, 3.63) is 51.4 Å². The number of amides is 1. The molecular weight excluding hydrogens is 506 g/mol. The molecule has 2 aliphatic rings. The number of hydrogen-bond acceptors (Lipinski definition) is 7. The van der Waals surface area contributed by atoms with Crippen LogP contribution in [0.15, 0.2) is 24.4 Å². The van der Waals surface area contributed by atoms with Gasteiger partial charge in [0.05, 0.1) is 12.1 Å². The Hall–Kier alpha value is -2.13. The van der Waals surface area contributed by atoms with Crippen LogP contribution in [0.4, 0.5) is 0 Å². The lowest BCUT2D eigenvalue weighted by Gasteiger charge is -2.34. The van der Waals surface area contributed by atoms with Crippen molar-refractivity contribution in [2.75, 3.05) is 19.6 Å². The maximum absolute atomic E-state index is 13.4. The molecule has 1 fully saturated rings. The number of aliphatic hydroxyl groups is 1. The number of halogens is 1. The van der Waals surface area contributed by atoms with Crippen molar-refractivity contribution >= 4 is 39.2 Å². The average molecular weight is 542 g/mol. The topological polar surface area (TPSA) is 91.2 Å². The van der Waals surface area contributed by atoms with Crippen molar-refractivity contribution in [1.82, 2.24) is 25.2 Å². The molecule has 2 atom stereocenters. The van der Waals surface area contributed by atoms with E-state index in [0.717, 1.165) is 79.8 Å². The Morgan fingerprint density at radius 1 is 1.24 bits per heavy atom. The number of nitrogens with one attached hydrogen (secondary N) is 1. The van der Waals surface area contributed by atoms with Crippen molar-refractivity contribution in [2.24, 2.45) is 11.3 Å². The quantitative estimate of drug-likeness (QED) is 0.416. The molecule has 0 aromatic carbocycles. The van der Waals surface area contributed by atoms with Crippen LogP contribution in [-0.4, -0.2) is 56.6 Å². The molecular formula is C28H36ClN5O2S. The summed E-state index contributed by atoms with van der Waals surface area (Å²) in [6, 6.07) is 5.60. The molecule has 3 aromatic heterocycles. The number of nitrogens with zero attached hydrogens (tertiary/aromatic N) is 4. The summed E-state index contributed by atoms with van der Waals surface area (Å²) < 4.78 is 0. The molecule has 0 bridgehead atoms. The first-order chi connectivity index (χ1) is 17.7. The summed E-state index contributed by atoms with van der Waals surface area (Å²) in [7, 11) is 0. The smallest absolute Gasteiger partial charge is 0.280 e. The van der Waals surface area contributed by atoms with Gasteiger partial charge in [-0.1, -0.05) is 49.8 Å². The van der Waals surface area contributed by atoms with Crippen LogP contribution in [0, 0.1) is 11.3 Å². The van der Waals surface area contributed by atoms with Gasteiger partial charge in [-0.15, -0.1) is 0 Å². The number of carbonyl (C=O) groups excluding carboxylic acids is 1. The SMILES string of the molecule is CC(C)(C)[C@H]1CCc2nc3sc(C(=O)N[C@H](CCN4CCC(O)CC4)c4ccc(Cl)nc4)nc3cc2C1. The number of piperidine rings is 1. The van der Waals surface area contributed by atoms with E-state index in [1.54, 1.807) is 12.3 Å². The normalized spacial score (nSPS) is 20.1. The standard InChI is InChI=1S/C28H36ClN5O2S/c1-28(2,3)19-5-6-21-18(14-19)15-23-26(32-21)37-27(33-23)25(36)31-22(17-4-7-24(29)30-16-17)10-13-34-11-8-20(35)9-12-34/h4,7,15-16,19-20,22,35H,5-6,8-14H2,1-3H3,(H,31,36)/t19-,22+/m0/s1. The zero-order chi connectivity index (χ0) is 26.2. The molecule has 0 radical (unpaired) electrons. The highest BCUT2D eigenvalue weighted by Crippen LogP contribution is 2.38. The Morgan fingerprint density at radius 3 is 2.73 bits per heavy atom. The molecule has 9 heteroatoms. The molecule has 1 aliphatic heterocycles. The zero-order valence-corrected chi connectivity index (χ0v) is 23.4. The van der Waals surface area contributed by atoms with Crippen LogP contribution in [0.5, 0.6) is 0 Å². The Balaban J connectivity index is 1.32. The zero-order valence-electron chi connectivity index (χ0n) is 21.8. The second kappa shape index (κ2) is 10.9. The molecule has 1 amide bonds. The predicted octanol–water partition coefficient (Wildman–Crippen LogP) is 5.21. The van der Waals surface area contributed by atoms with Crippen molar-refractivity contribution in [3.63, 3.8) is 0 Å². The van der Waals surface area contributed by atoms with Gasteiger partial charge < -0.3 is 15.3 Å². The Kier molecular flexibility index (Phi) is 7.82. The maximum Gasteiger partial charge on any atom is 0.280 e. The molecule has 5 rings (SSSR count). The molecule has 0 spiro atoms. The highest BCUT2D eigenvalue weighted by Gasteiger charge is 2.30. The van der Waals surface area contributed by atoms with Crippen LogP contribution in [0.1, 0.15) is 79.1 Å².